The Morgan fingerprint density at radius 1 is 1.17 bits per heavy atom. The number of aromatic nitrogens is 3. The summed E-state index contributed by atoms with van der Waals surface area (Å²) in [5.41, 5.74) is 0.892. The first kappa shape index (κ1) is 15.5. The van der Waals surface area contributed by atoms with Crippen molar-refractivity contribution in [3.05, 3.63) is 36.4 Å². The molecule has 7 nitrogen and oxygen atoms in total. The number of pyridine rings is 1. The van der Waals surface area contributed by atoms with Crippen LogP contribution in [0.1, 0.15) is 12.1 Å². The van der Waals surface area contributed by atoms with Gasteiger partial charge in [-0.05, 0) is 12.5 Å². The van der Waals surface area contributed by atoms with Crippen molar-refractivity contribution in [3.63, 3.8) is 0 Å². The largest absolute Gasteiger partial charge is 0.493 e. The van der Waals surface area contributed by atoms with Crippen LogP contribution in [0.4, 0.5) is 5.95 Å². The van der Waals surface area contributed by atoms with E-state index in [2.05, 4.69) is 25.2 Å². The van der Waals surface area contributed by atoms with E-state index in [-0.39, 0.29) is 0 Å². The van der Waals surface area contributed by atoms with E-state index in [4.69, 9.17) is 9.47 Å². The topological polar surface area (TPSA) is 72.4 Å². The summed E-state index contributed by atoms with van der Waals surface area (Å²) in [6.45, 7) is 2.64. The third-order valence-corrected chi connectivity index (χ3v) is 3.91. The van der Waals surface area contributed by atoms with Gasteiger partial charge in [-0.15, -0.1) is 0 Å². The molecule has 1 aliphatic heterocycles. The Kier molecular flexibility index (Phi) is 4.87. The second-order valence-electron chi connectivity index (χ2n) is 5.43. The van der Waals surface area contributed by atoms with Crippen molar-refractivity contribution in [1.82, 2.24) is 19.9 Å². The number of methoxy groups -OCH3 is 2. The summed E-state index contributed by atoms with van der Waals surface area (Å²) in [7, 11) is 3.28. The van der Waals surface area contributed by atoms with Crippen LogP contribution in [0.2, 0.25) is 0 Å². The average Bonchev–Trinajstić information content (AvgIpc) is 3.02. The van der Waals surface area contributed by atoms with Crippen molar-refractivity contribution in [2.24, 2.45) is 0 Å². The van der Waals surface area contributed by atoms with E-state index in [9.17, 15) is 0 Å². The molecule has 2 aromatic rings. The van der Waals surface area contributed by atoms with Gasteiger partial charge in [-0.2, -0.15) is 0 Å². The number of ether oxygens (including phenoxy) is 2. The SMILES string of the molecule is COc1ccnc(CN2CC[C@H](Nc3ncccn3)C2)c1OC. The number of anilines is 1. The van der Waals surface area contributed by atoms with E-state index in [0.717, 1.165) is 31.7 Å². The molecule has 0 unspecified atom stereocenters. The molecule has 3 heterocycles. The zero-order valence-electron chi connectivity index (χ0n) is 13.4. The van der Waals surface area contributed by atoms with Crippen LogP contribution in [-0.4, -0.2) is 53.2 Å². The molecule has 122 valence electrons. The summed E-state index contributed by atoms with van der Waals surface area (Å²) in [5, 5.41) is 3.37. The highest BCUT2D eigenvalue weighted by Gasteiger charge is 2.24. The van der Waals surface area contributed by atoms with E-state index in [1.54, 1.807) is 32.8 Å². The second kappa shape index (κ2) is 7.23. The van der Waals surface area contributed by atoms with Gasteiger partial charge in [0.1, 0.15) is 5.69 Å². The van der Waals surface area contributed by atoms with Crippen LogP contribution in [0.15, 0.2) is 30.7 Å². The zero-order valence-corrected chi connectivity index (χ0v) is 13.4. The molecular formula is C16H21N5O2. The van der Waals surface area contributed by atoms with Crippen LogP contribution in [-0.2, 0) is 6.54 Å². The first-order valence-electron chi connectivity index (χ1n) is 7.62. The fourth-order valence-electron chi connectivity index (χ4n) is 2.83. The molecule has 0 saturated carbocycles. The Hall–Kier alpha value is -2.41. The van der Waals surface area contributed by atoms with Crippen molar-refractivity contribution in [1.29, 1.82) is 0 Å². The third-order valence-electron chi connectivity index (χ3n) is 3.91. The summed E-state index contributed by atoms with van der Waals surface area (Å²) >= 11 is 0. The maximum atomic E-state index is 5.45. The van der Waals surface area contributed by atoms with Crippen molar-refractivity contribution in [2.45, 2.75) is 19.0 Å². The molecule has 23 heavy (non-hydrogen) atoms. The molecule has 1 N–H and O–H groups in total. The maximum Gasteiger partial charge on any atom is 0.222 e. The van der Waals surface area contributed by atoms with Crippen LogP contribution in [0.25, 0.3) is 0 Å². The number of rotatable bonds is 6. The molecule has 1 saturated heterocycles. The van der Waals surface area contributed by atoms with Crippen LogP contribution < -0.4 is 14.8 Å². The maximum absolute atomic E-state index is 5.45. The normalized spacial score (nSPS) is 17.9. The van der Waals surface area contributed by atoms with Crippen molar-refractivity contribution in [3.8, 4) is 11.5 Å². The number of nitrogens with one attached hydrogen (secondary N) is 1. The Bertz CT molecular complexity index is 638. The third kappa shape index (κ3) is 3.68. The lowest BCUT2D eigenvalue weighted by atomic mass is 10.2. The molecule has 1 aliphatic rings. The number of hydrogen-bond donors (Lipinski definition) is 1. The number of likely N-dealkylation sites (tertiary alicyclic amines) is 1. The van der Waals surface area contributed by atoms with E-state index in [1.807, 2.05) is 12.1 Å². The summed E-state index contributed by atoms with van der Waals surface area (Å²) in [6, 6.07) is 3.96. The van der Waals surface area contributed by atoms with E-state index in [0.29, 0.717) is 23.5 Å². The summed E-state index contributed by atoms with van der Waals surface area (Å²) < 4.78 is 10.8. The first-order valence-corrected chi connectivity index (χ1v) is 7.62. The number of hydrogen-bond acceptors (Lipinski definition) is 7. The van der Waals surface area contributed by atoms with Gasteiger partial charge in [-0.25, -0.2) is 9.97 Å². The van der Waals surface area contributed by atoms with Gasteiger partial charge in [0.2, 0.25) is 5.95 Å². The highest BCUT2D eigenvalue weighted by molar-refractivity contribution is 5.42. The smallest absolute Gasteiger partial charge is 0.222 e. The monoisotopic (exact) mass is 315 g/mol. The lowest BCUT2D eigenvalue weighted by Gasteiger charge is -2.18. The highest BCUT2D eigenvalue weighted by atomic mass is 16.5. The molecule has 0 amide bonds. The highest BCUT2D eigenvalue weighted by Crippen LogP contribution is 2.30. The van der Waals surface area contributed by atoms with E-state index in [1.165, 1.54) is 0 Å². The Morgan fingerprint density at radius 3 is 2.74 bits per heavy atom. The van der Waals surface area contributed by atoms with Crippen LogP contribution >= 0.6 is 0 Å². The fraction of sp³-hybridized carbons (Fsp3) is 0.438. The molecule has 2 aromatic heterocycles. The Balaban J connectivity index is 1.62. The molecule has 0 bridgehead atoms. The summed E-state index contributed by atoms with van der Waals surface area (Å²) in [6.07, 6.45) is 6.28. The summed E-state index contributed by atoms with van der Waals surface area (Å²) in [4.78, 5) is 15.2. The summed E-state index contributed by atoms with van der Waals surface area (Å²) in [5.74, 6) is 2.10. The van der Waals surface area contributed by atoms with Gasteiger partial charge >= 0.3 is 0 Å². The Morgan fingerprint density at radius 2 is 2.00 bits per heavy atom. The molecule has 0 aliphatic carbocycles. The molecule has 0 aromatic carbocycles. The van der Waals surface area contributed by atoms with Gasteiger partial charge < -0.3 is 14.8 Å². The lowest BCUT2D eigenvalue weighted by molar-refractivity contribution is 0.304. The van der Waals surface area contributed by atoms with Gasteiger partial charge in [0.15, 0.2) is 11.5 Å². The predicted octanol–water partition coefficient (Wildman–Crippen LogP) is 1.58. The minimum Gasteiger partial charge on any atom is -0.493 e. The first-order chi connectivity index (χ1) is 11.3. The average molecular weight is 315 g/mol. The van der Waals surface area contributed by atoms with Crippen LogP contribution in [0.5, 0.6) is 11.5 Å². The molecule has 1 atom stereocenters. The van der Waals surface area contributed by atoms with E-state index >= 15 is 0 Å². The van der Waals surface area contributed by atoms with Crippen LogP contribution in [0.3, 0.4) is 0 Å². The predicted molar refractivity (Wildman–Crippen MR) is 86.7 cm³/mol. The molecule has 3 rings (SSSR count). The molecule has 0 spiro atoms. The molecule has 1 fully saturated rings. The quantitative estimate of drug-likeness (QED) is 0.867. The fourth-order valence-corrected chi connectivity index (χ4v) is 2.83. The minimum atomic E-state index is 0.342. The van der Waals surface area contributed by atoms with Gasteiger partial charge in [-0.3, -0.25) is 9.88 Å². The van der Waals surface area contributed by atoms with Gasteiger partial charge in [0.25, 0.3) is 0 Å². The van der Waals surface area contributed by atoms with Crippen molar-refractivity contribution in [2.75, 3.05) is 32.6 Å². The van der Waals surface area contributed by atoms with E-state index < -0.39 is 0 Å². The molecule has 0 radical (unpaired) electrons. The van der Waals surface area contributed by atoms with Crippen LogP contribution in [0, 0.1) is 0 Å². The van der Waals surface area contributed by atoms with Gasteiger partial charge in [-0.1, -0.05) is 0 Å². The Labute approximate surface area is 135 Å². The molecular weight excluding hydrogens is 294 g/mol. The standard InChI is InChI=1S/C16H21N5O2/c1-22-14-4-8-17-13(15(14)23-2)11-21-9-5-12(10-21)20-16-18-6-3-7-19-16/h3-4,6-8,12H,5,9-11H2,1-2H3,(H,18,19,20)/t12-/m0/s1. The number of nitrogens with zero attached hydrogens (tertiary/aromatic N) is 4. The minimum absolute atomic E-state index is 0.342. The van der Waals surface area contributed by atoms with Crippen molar-refractivity contribution < 1.29 is 9.47 Å². The second-order valence-corrected chi connectivity index (χ2v) is 5.43. The van der Waals surface area contributed by atoms with Gasteiger partial charge in [0, 0.05) is 50.3 Å². The molecule has 7 heteroatoms. The van der Waals surface area contributed by atoms with Crippen molar-refractivity contribution >= 4 is 5.95 Å². The van der Waals surface area contributed by atoms with Gasteiger partial charge in [0.05, 0.1) is 14.2 Å². The lowest BCUT2D eigenvalue weighted by Crippen LogP contribution is -2.27. The zero-order chi connectivity index (χ0) is 16.1.